The Balaban J connectivity index is 2.11. The summed E-state index contributed by atoms with van der Waals surface area (Å²) in [4.78, 5) is 2.19. The highest BCUT2D eigenvalue weighted by Crippen LogP contribution is 2.21. The van der Waals surface area contributed by atoms with Crippen LogP contribution in [0.3, 0.4) is 0 Å². The van der Waals surface area contributed by atoms with Crippen LogP contribution in [0, 0.1) is 0 Å². The van der Waals surface area contributed by atoms with E-state index in [2.05, 4.69) is 24.3 Å². The van der Waals surface area contributed by atoms with Crippen molar-refractivity contribution < 1.29 is 5.11 Å². The molecule has 2 N–H and O–H groups in total. The standard InChI is InChI=1S/C12H18N2O/c1-14(2)8-11-5-10-6-12(15)4-3-9(10)7-13-11/h3-4,6,11,13,15H,5,7-8H2,1-2H3. The average Bonchev–Trinajstić information content (AvgIpc) is 2.16. The summed E-state index contributed by atoms with van der Waals surface area (Å²) < 4.78 is 0. The van der Waals surface area contributed by atoms with Crippen LogP contribution in [0.2, 0.25) is 0 Å². The molecule has 0 bridgehead atoms. The number of fused-ring (bicyclic) bond motifs is 1. The van der Waals surface area contributed by atoms with E-state index in [-0.39, 0.29) is 0 Å². The normalized spacial score (nSPS) is 20.3. The number of likely N-dealkylation sites (N-methyl/N-ethyl adjacent to an activating group) is 1. The Morgan fingerprint density at radius 3 is 2.93 bits per heavy atom. The van der Waals surface area contributed by atoms with Gasteiger partial charge in [0, 0.05) is 19.1 Å². The van der Waals surface area contributed by atoms with Gasteiger partial charge in [-0.1, -0.05) is 6.07 Å². The van der Waals surface area contributed by atoms with E-state index in [0.29, 0.717) is 11.8 Å². The fourth-order valence-electron chi connectivity index (χ4n) is 2.14. The van der Waals surface area contributed by atoms with Crippen LogP contribution in [-0.4, -0.2) is 36.7 Å². The van der Waals surface area contributed by atoms with Gasteiger partial charge in [0.05, 0.1) is 0 Å². The van der Waals surface area contributed by atoms with Gasteiger partial charge < -0.3 is 15.3 Å². The third-order valence-electron chi connectivity index (χ3n) is 2.82. The van der Waals surface area contributed by atoms with Crippen LogP contribution in [0.15, 0.2) is 18.2 Å². The number of aromatic hydroxyl groups is 1. The van der Waals surface area contributed by atoms with Gasteiger partial charge in [0.1, 0.15) is 5.75 Å². The van der Waals surface area contributed by atoms with Crippen LogP contribution in [-0.2, 0) is 13.0 Å². The highest BCUT2D eigenvalue weighted by molar-refractivity contribution is 5.36. The summed E-state index contributed by atoms with van der Waals surface area (Å²) in [6, 6.07) is 6.14. The maximum Gasteiger partial charge on any atom is 0.115 e. The van der Waals surface area contributed by atoms with Crippen molar-refractivity contribution in [2.75, 3.05) is 20.6 Å². The number of rotatable bonds is 2. The summed E-state index contributed by atoms with van der Waals surface area (Å²) in [5, 5.41) is 12.9. The summed E-state index contributed by atoms with van der Waals surface area (Å²) >= 11 is 0. The molecule has 0 saturated heterocycles. The Labute approximate surface area is 90.7 Å². The lowest BCUT2D eigenvalue weighted by molar-refractivity contribution is 0.326. The molecule has 15 heavy (non-hydrogen) atoms. The van der Waals surface area contributed by atoms with Crippen LogP contribution in [0.1, 0.15) is 11.1 Å². The number of benzene rings is 1. The molecule has 0 fully saturated rings. The fraction of sp³-hybridized carbons (Fsp3) is 0.500. The molecule has 1 atom stereocenters. The minimum Gasteiger partial charge on any atom is -0.508 e. The second-order valence-corrected chi connectivity index (χ2v) is 4.50. The lowest BCUT2D eigenvalue weighted by atomic mass is 9.95. The molecule has 0 aliphatic carbocycles. The lowest BCUT2D eigenvalue weighted by Crippen LogP contribution is -2.42. The van der Waals surface area contributed by atoms with Gasteiger partial charge in [-0.2, -0.15) is 0 Å². The molecule has 1 heterocycles. The van der Waals surface area contributed by atoms with Gasteiger partial charge in [0.15, 0.2) is 0 Å². The maximum atomic E-state index is 9.43. The molecule has 0 spiro atoms. The van der Waals surface area contributed by atoms with E-state index < -0.39 is 0 Å². The van der Waals surface area contributed by atoms with Crippen molar-refractivity contribution in [3.8, 4) is 5.75 Å². The van der Waals surface area contributed by atoms with Gasteiger partial charge in [0.25, 0.3) is 0 Å². The van der Waals surface area contributed by atoms with Gasteiger partial charge in [-0.15, -0.1) is 0 Å². The van der Waals surface area contributed by atoms with E-state index >= 15 is 0 Å². The molecule has 2 rings (SSSR count). The minimum absolute atomic E-state index is 0.374. The molecule has 3 nitrogen and oxygen atoms in total. The molecule has 0 aromatic heterocycles. The number of hydrogen-bond donors (Lipinski definition) is 2. The Bertz CT molecular complexity index is 349. The van der Waals surface area contributed by atoms with Crippen LogP contribution in [0.5, 0.6) is 5.75 Å². The van der Waals surface area contributed by atoms with Crippen molar-refractivity contribution >= 4 is 0 Å². The minimum atomic E-state index is 0.374. The molecule has 1 aliphatic heterocycles. The summed E-state index contributed by atoms with van der Waals surface area (Å²) in [6.07, 6.45) is 1.00. The van der Waals surface area contributed by atoms with Crippen molar-refractivity contribution in [1.29, 1.82) is 0 Å². The molecule has 1 aromatic rings. The first kappa shape index (κ1) is 10.5. The third kappa shape index (κ3) is 2.49. The number of hydrogen-bond acceptors (Lipinski definition) is 3. The second kappa shape index (κ2) is 4.21. The molecule has 3 heteroatoms. The van der Waals surface area contributed by atoms with Gasteiger partial charge in [0.2, 0.25) is 0 Å². The smallest absolute Gasteiger partial charge is 0.115 e. The Morgan fingerprint density at radius 2 is 2.20 bits per heavy atom. The first-order valence-electron chi connectivity index (χ1n) is 5.34. The predicted octanol–water partition coefficient (Wildman–Crippen LogP) is 0.968. The van der Waals surface area contributed by atoms with Crippen LogP contribution < -0.4 is 5.32 Å². The summed E-state index contributed by atoms with van der Waals surface area (Å²) in [6.45, 7) is 1.95. The monoisotopic (exact) mass is 206 g/mol. The van der Waals surface area contributed by atoms with E-state index in [9.17, 15) is 5.11 Å². The maximum absolute atomic E-state index is 9.43. The topological polar surface area (TPSA) is 35.5 Å². The van der Waals surface area contributed by atoms with Gasteiger partial charge in [-0.05, 0) is 43.8 Å². The molecule has 1 aromatic carbocycles. The lowest BCUT2D eigenvalue weighted by Gasteiger charge is -2.28. The van der Waals surface area contributed by atoms with Gasteiger partial charge in [-0.25, -0.2) is 0 Å². The fourth-order valence-corrected chi connectivity index (χ4v) is 2.14. The predicted molar refractivity (Wildman–Crippen MR) is 61.0 cm³/mol. The van der Waals surface area contributed by atoms with E-state index in [1.807, 2.05) is 12.1 Å². The Morgan fingerprint density at radius 1 is 1.40 bits per heavy atom. The summed E-state index contributed by atoms with van der Waals surface area (Å²) in [5.41, 5.74) is 2.59. The molecule has 82 valence electrons. The SMILES string of the molecule is CN(C)CC1Cc2cc(O)ccc2CN1. The zero-order chi connectivity index (χ0) is 10.8. The number of nitrogens with one attached hydrogen (secondary N) is 1. The van der Waals surface area contributed by atoms with Crippen LogP contribution in [0.4, 0.5) is 0 Å². The summed E-state index contributed by atoms with van der Waals surface area (Å²) in [7, 11) is 4.17. The van der Waals surface area contributed by atoms with Gasteiger partial charge in [-0.3, -0.25) is 0 Å². The van der Waals surface area contributed by atoms with Gasteiger partial charge >= 0.3 is 0 Å². The zero-order valence-electron chi connectivity index (χ0n) is 9.33. The van der Waals surface area contributed by atoms with Crippen molar-refractivity contribution in [2.45, 2.75) is 19.0 Å². The first-order chi connectivity index (χ1) is 7.15. The van der Waals surface area contributed by atoms with Crippen LogP contribution >= 0.6 is 0 Å². The number of nitrogens with zero attached hydrogens (tertiary/aromatic N) is 1. The largest absolute Gasteiger partial charge is 0.508 e. The molecule has 0 radical (unpaired) electrons. The molecule has 1 unspecified atom stereocenters. The molecular formula is C12H18N2O. The van der Waals surface area contributed by atoms with E-state index in [1.54, 1.807) is 6.07 Å². The van der Waals surface area contributed by atoms with Crippen molar-refractivity contribution in [2.24, 2.45) is 0 Å². The van der Waals surface area contributed by atoms with Crippen molar-refractivity contribution in [3.05, 3.63) is 29.3 Å². The Kier molecular flexibility index (Phi) is 2.93. The van der Waals surface area contributed by atoms with E-state index in [0.717, 1.165) is 19.5 Å². The quantitative estimate of drug-likeness (QED) is 0.757. The molecule has 0 saturated carbocycles. The third-order valence-corrected chi connectivity index (χ3v) is 2.82. The molecule has 0 amide bonds. The highest BCUT2D eigenvalue weighted by Gasteiger charge is 2.18. The zero-order valence-corrected chi connectivity index (χ0v) is 9.33. The van der Waals surface area contributed by atoms with Crippen molar-refractivity contribution in [3.63, 3.8) is 0 Å². The van der Waals surface area contributed by atoms with Crippen LogP contribution in [0.25, 0.3) is 0 Å². The van der Waals surface area contributed by atoms with E-state index in [4.69, 9.17) is 0 Å². The average molecular weight is 206 g/mol. The second-order valence-electron chi connectivity index (χ2n) is 4.50. The number of phenolic OH excluding ortho intramolecular Hbond substituents is 1. The molecular weight excluding hydrogens is 188 g/mol. The summed E-state index contributed by atoms with van der Waals surface area (Å²) in [5.74, 6) is 0.374. The van der Waals surface area contributed by atoms with Crippen molar-refractivity contribution in [1.82, 2.24) is 10.2 Å². The Hall–Kier alpha value is -1.06. The highest BCUT2D eigenvalue weighted by atomic mass is 16.3. The van der Waals surface area contributed by atoms with E-state index in [1.165, 1.54) is 11.1 Å². The molecule has 1 aliphatic rings. The first-order valence-corrected chi connectivity index (χ1v) is 5.34. The number of phenols is 1.